The molecule has 0 atom stereocenters. The van der Waals surface area contributed by atoms with Crippen molar-refractivity contribution in [1.82, 2.24) is 20.8 Å². The summed E-state index contributed by atoms with van der Waals surface area (Å²) >= 11 is 0. The van der Waals surface area contributed by atoms with Crippen LogP contribution in [0, 0.1) is 0 Å². The third-order valence-electron chi connectivity index (χ3n) is 8.63. The minimum Gasteiger partial charge on any atom is -0.353 e. The lowest BCUT2D eigenvalue weighted by Crippen LogP contribution is -2.69. The van der Waals surface area contributed by atoms with Gasteiger partial charge in [-0.3, -0.25) is 19.3 Å². The first-order chi connectivity index (χ1) is 17.4. The molecule has 0 spiro atoms. The summed E-state index contributed by atoms with van der Waals surface area (Å²) in [6.45, 7) is 20.9. The van der Waals surface area contributed by atoms with Crippen molar-refractivity contribution < 1.29 is 19.3 Å². The molecule has 0 unspecified atom stereocenters. The van der Waals surface area contributed by atoms with E-state index in [0.29, 0.717) is 0 Å². The van der Waals surface area contributed by atoms with Crippen LogP contribution >= 0.6 is 0 Å². The van der Waals surface area contributed by atoms with Crippen LogP contribution in [0.15, 0.2) is 0 Å². The summed E-state index contributed by atoms with van der Waals surface area (Å²) in [6.07, 6.45) is 10.7. The maximum atomic E-state index is 11.9. The molecule has 0 aromatic rings. The molecule has 2 aliphatic heterocycles. The van der Waals surface area contributed by atoms with E-state index in [9.17, 15) is 9.59 Å². The third-order valence-corrected chi connectivity index (χ3v) is 8.63. The zero-order valence-corrected chi connectivity index (χ0v) is 26.0. The average molecular weight is 537 g/mol. The number of carbonyl (C=O) groups is 2. The van der Waals surface area contributed by atoms with Crippen LogP contribution in [0.4, 0.5) is 0 Å². The number of piperidine rings is 2. The Kier molecular flexibility index (Phi) is 9.34. The van der Waals surface area contributed by atoms with Gasteiger partial charge in [-0.1, -0.05) is 19.3 Å². The van der Waals surface area contributed by atoms with E-state index in [0.717, 1.165) is 51.4 Å². The van der Waals surface area contributed by atoms with Gasteiger partial charge in [-0.15, -0.1) is 0 Å². The van der Waals surface area contributed by atoms with Crippen molar-refractivity contribution in [3.05, 3.63) is 0 Å². The molecule has 1 aliphatic carbocycles. The number of nitrogens with zero attached hydrogens (tertiary/aromatic N) is 2. The zero-order valence-electron chi connectivity index (χ0n) is 26.0. The van der Waals surface area contributed by atoms with Crippen molar-refractivity contribution >= 4 is 11.8 Å². The Morgan fingerprint density at radius 1 is 0.579 bits per heavy atom. The molecule has 1 saturated carbocycles. The summed E-state index contributed by atoms with van der Waals surface area (Å²) in [6, 6.07) is 0.217. The van der Waals surface area contributed by atoms with Gasteiger partial charge in [0.25, 0.3) is 0 Å². The van der Waals surface area contributed by atoms with E-state index >= 15 is 0 Å². The molecule has 8 nitrogen and oxygen atoms in total. The molecule has 0 aromatic carbocycles. The highest BCUT2D eigenvalue weighted by Gasteiger charge is 2.54. The predicted molar refractivity (Wildman–Crippen MR) is 151 cm³/mol. The molecule has 2 N–H and O–H groups in total. The first-order valence-corrected chi connectivity index (χ1v) is 14.9. The number of carbonyl (C=O) groups excluding carboxylic acids is 2. The van der Waals surface area contributed by atoms with Crippen molar-refractivity contribution in [3.63, 3.8) is 0 Å². The summed E-state index contributed by atoms with van der Waals surface area (Å²) in [5.41, 5.74) is -1.18. The molecule has 0 radical (unpaired) electrons. The highest BCUT2D eigenvalue weighted by Crippen LogP contribution is 2.47. The van der Waals surface area contributed by atoms with Gasteiger partial charge in [0.2, 0.25) is 17.6 Å². The Balaban J connectivity index is 1.93. The smallest absolute Gasteiger partial charge is 0.217 e. The van der Waals surface area contributed by atoms with Crippen LogP contribution in [-0.4, -0.2) is 62.0 Å². The van der Waals surface area contributed by atoms with Gasteiger partial charge in [0.1, 0.15) is 0 Å². The maximum absolute atomic E-state index is 11.9. The predicted octanol–water partition coefficient (Wildman–Crippen LogP) is 5.61. The van der Waals surface area contributed by atoms with Crippen LogP contribution in [0.1, 0.15) is 140 Å². The second-order valence-corrected chi connectivity index (χ2v) is 14.8. The summed E-state index contributed by atoms with van der Waals surface area (Å²) in [4.78, 5) is 38.2. The highest BCUT2D eigenvalue weighted by molar-refractivity contribution is 5.73. The molecule has 38 heavy (non-hydrogen) atoms. The largest absolute Gasteiger partial charge is 0.353 e. The fourth-order valence-electron chi connectivity index (χ4n) is 7.78. The Morgan fingerprint density at radius 3 is 1.16 bits per heavy atom. The molecule has 2 saturated heterocycles. The van der Waals surface area contributed by atoms with Crippen molar-refractivity contribution in [2.45, 2.75) is 180 Å². The number of hydrogen-bond donors (Lipinski definition) is 2. The van der Waals surface area contributed by atoms with E-state index in [4.69, 9.17) is 9.68 Å². The Morgan fingerprint density at radius 2 is 0.868 bits per heavy atom. The lowest BCUT2D eigenvalue weighted by molar-refractivity contribution is -0.473. The van der Waals surface area contributed by atoms with Gasteiger partial charge < -0.3 is 10.6 Å². The SMILES string of the molecule is CC(=O)NC1CC(C)(C)N(OC2(ON3C(C)(C)CC(NC(C)=O)CC3(C)C)CCCCCCC2)C(C)(C)C1. The number of amides is 2. The van der Waals surface area contributed by atoms with E-state index in [1.165, 1.54) is 19.3 Å². The first-order valence-electron chi connectivity index (χ1n) is 14.9. The van der Waals surface area contributed by atoms with E-state index in [-0.39, 0.29) is 46.1 Å². The summed E-state index contributed by atoms with van der Waals surface area (Å²) in [7, 11) is 0. The van der Waals surface area contributed by atoms with Gasteiger partial charge in [-0.2, -0.15) is 10.1 Å². The van der Waals surface area contributed by atoms with Crippen LogP contribution in [0.3, 0.4) is 0 Å². The molecule has 3 rings (SSSR count). The Bertz CT molecular complexity index is 749. The highest BCUT2D eigenvalue weighted by atomic mass is 16.9. The van der Waals surface area contributed by atoms with Gasteiger partial charge in [0, 0.05) is 60.9 Å². The van der Waals surface area contributed by atoms with Gasteiger partial charge >= 0.3 is 0 Å². The molecular weight excluding hydrogens is 480 g/mol. The lowest BCUT2D eigenvalue weighted by Gasteiger charge is -2.59. The molecule has 2 heterocycles. The quantitative estimate of drug-likeness (QED) is 0.430. The molecule has 0 bridgehead atoms. The normalized spacial score (nSPS) is 28.2. The minimum absolute atomic E-state index is 0.0166. The zero-order chi connectivity index (χ0) is 28.6. The first kappa shape index (κ1) is 31.3. The molecule has 3 fully saturated rings. The standard InChI is InChI=1S/C30H56N4O4/c1-22(35)31-24-18-26(3,4)33(27(5,6)19-24)37-30(16-14-12-11-13-15-17-30)38-34-28(7,8)20-25(32-23(2)36)21-29(34,9)10/h24-25H,11-21H2,1-10H3,(H,31,35)(H,32,36). The van der Waals surface area contributed by atoms with E-state index < -0.39 is 5.79 Å². The van der Waals surface area contributed by atoms with E-state index in [2.05, 4.69) is 76.1 Å². The molecular formula is C30H56N4O4. The Labute approximate surface area is 231 Å². The topological polar surface area (TPSA) is 83.1 Å². The number of rotatable bonds is 6. The van der Waals surface area contributed by atoms with Crippen molar-refractivity contribution in [3.8, 4) is 0 Å². The monoisotopic (exact) mass is 536 g/mol. The van der Waals surface area contributed by atoms with Crippen LogP contribution in [0.5, 0.6) is 0 Å². The van der Waals surface area contributed by atoms with Crippen molar-refractivity contribution in [1.29, 1.82) is 0 Å². The summed E-state index contributed by atoms with van der Waals surface area (Å²) in [5, 5.41) is 10.7. The van der Waals surface area contributed by atoms with Gasteiger partial charge in [-0.05, 0) is 93.9 Å². The summed E-state index contributed by atoms with van der Waals surface area (Å²) in [5.74, 6) is -0.739. The van der Waals surface area contributed by atoms with Crippen molar-refractivity contribution in [2.24, 2.45) is 0 Å². The van der Waals surface area contributed by atoms with Crippen LogP contribution in [0.25, 0.3) is 0 Å². The number of nitrogens with one attached hydrogen (secondary N) is 2. The van der Waals surface area contributed by atoms with Gasteiger partial charge in [-0.25, -0.2) is 0 Å². The number of hydrogen-bond acceptors (Lipinski definition) is 6. The fraction of sp³-hybridized carbons (Fsp3) is 0.933. The molecule has 0 aromatic heterocycles. The number of hydroxylamine groups is 4. The van der Waals surface area contributed by atoms with E-state index in [1.807, 2.05) is 0 Å². The third kappa shape index (κ3) is 7.49. The lowest BCUT2D eigenvalue weighted by atomic mass is 9.78. The second kappa shape index (κ2) is 11.3. The van der Waals surface area contributed by atoms with Crippen LogP contribution in [0.2, 0.25) is 0 Å². The molecule has 3 aliphatic rings. The summed E-state index contributed by atoms with van der Waals surface area (Å²) < 4.78 is 0. The van der Waals surface area contributed by atoms with Crippen LogP contribution < -0.4 is 10.6 Å². The second-order valence-electron chi connectivity index (χ2n) is 14.8. The van der Waals surface area contributed by atoms with Crippen LogP contribution in [-0.2, 0) is 19.3 Å². The average Bonchev–Trinajstić information content (AvgIpc) is 2.67. The molecule has 2 amide bonds. The maximum Gasteiger partial charge on any atom is 0.217 e. The minimum atomic E-state index is -0.773. The Hall–Kier alpha value is -1.22. The molecule has 220 valence electrons. The van der Waals surface area contributed by atoms with Gasteiger partial charge in [0.05, 0.1) is 0 Å². The van der Waals surface area contributed by atoms with Crippen molar-refractivity contribution in [2.75, 3.05) is 0 Å². The van der Waals surface area contributed by atoms with Gasteiger partial charge in [0.15, 0.2) is 0 Å². The molecule has 8 heteroatoms. The fourth-order valence-corrected chi connectivity index (χ4v) is 7.78. The van der Waals surface area contributed by atoms with E-state index in [1.54, 1.807) is 13.8 Å².